The Balaban J connectivity index is 2.78. The van der Waals surface area contributed by atoms with Gasteiger partial charge < -0.3 is 15.2 Å². The zero-order valence-electron chi connectivity index (χ0n) is 12.9. The largest absolute Gasteiger partial charge is 0.495 e. The van der Waals surface area contributed by atoms with E-state index >= 15 is 0 Å². The minimum atomic E-state index is -1.01. The molecule has 118 valence electrons. The fraction of sp³-hybridized carbons (Fsp3) is 0.562. The Morgan fingerprint density at radius 3 is 2.48 bits per heavy atom. The molecule has 1 aromatic carbocycles. The van der Waals surface area contributed by atoms with Crippen molar-refractivity contribution in [2.24, 2.45) is 0 Å². The van der Waals surface area contributed by atoms with Crippen LogP contribution in [0, 0.1) is 5.82 Å². The van der Waals surface area contributed by atoms with Crippen LogP contribution in [0.2, 0.25) is 0 Å². The van der Waals surface area contributed by atoms with Crippen LogP contribution in [-0.2, 0) is 4.79 Å². The second kappa shape index (κ2) is 7.98. The summed E-state index contributed by atoms with van der Waals surface area (Å²) >= 11 is 0. The van der Waals surface area contributed by atoms with Crippen molar-refractivity contribution in [1.29, 1.82) is 0 Å². The third-order valence-corrected chi connectivity index (χ3v) is 3.36. The van der Waals surface area contributed by atoms with Crippen molar-refractivity contribution >= 4 is 11.6 Å². The number of nitrogens with one attached hydrogen (secondary N) is 1. The first kappa shape index (κ1) is 17.4. The van der Waals surface area contributed by atoms with Crippen LogP contribution in [0.25, 0.3) is 0 Å². The molecule has 0 spiro atoms. The van der Waals surface area contributed by atoms with E-state index in [1.54, 1.807) is 0 Å². The van der Waals surface area contributed by atoms with Gasteiger partial charge in [-0.15, -0.1) is 0 Å². The van der Waals surface area contributed by atoms with Crippen LogP contribution in [0.4, 0.5) is 10.1 Å². The summed E-state index contributed by atoms with van der Waals surface area (Å²) in [7, 11) is 1.45. The summed E-state index contributed by atoms with van der Waals surface area (Å²) in [4.78, 5) is 12.1. The van der Waals surface area contributed by atoms with Crippen molar-refractivity contribution in [3.05, 3.63) is 24.0 Å². The van der Waals surface area contributed by atoms with Crippen LogP contribution in [-0.4, -0.2) is 23.7 Å². The van der Waals surface area contributed by atoms with E-state index in [9.17, 15) is 14.3 Å². The summed E-state index contributed by atoms with van der Waals surface area (Å²) in [5.74, 6) is -0.411. The number of rotatable bonds is 8. The number of hydrogen-bond donors (Lipinski definition) is 2. The first-order valence-electron chi connectivity index (χ1n) is 7.30. The number of anilines is 1. The number of benzene rings is 1. The van der Waals surface area contributed by atoms with Crippen LogP contribution in [0.5, 0.6) is 5.75 Å². The Morgan fingerprint density at radius 1 is 1.33 bits per heavy atom. The van der Waals surface area contributed by atoms with Gasteiger partial charge in [0.2, 0.25) is 5.91 Å². The maximum absolute atomic E-state index is 13.3. The second-order valence-corrected chi connectivity index (χ2v) is 5.29. The van der Waals surface area contributed by atoms with E-state index in [0.717, 1.165) is 12.8 Å². The van der Waals surface area contributed by atoms with Gasteiger partial charge in [0, 0.05) is 6.07 Å². The molecule has 1 rings (SSSR count). The summed E-state index contributed by atoms with van der Waals surface area (Å²) < 4.78 is 18.3. The topological polar surface area (TPSA) is 58.6 Å². The Labute approximate surface area is 125 Å². The lowest BCUT2D eigenvalue weighted by Crippen LogP contribution is -2.33. The van der Waals surface area contributed by atoms with E-state index in [1.165, 1.54) is 25.3 Å². The maximum Gasteiger partial charge on any atom is 0.227 e. The monoisotopic (exact) mass is 297 g/mol. The van der Waals surface area contributed by atoms with Crippen LogP contribution < -0.4 is 10.1 Å². The lowest BCUT2D eigenvalue weighted by Gasteiger charge is -2.27. The third kappa shape index (κ3) is 5.34. The lowest BCUT2D eigenvalue weighted by atomic mass is 9.89. The average Bonchev–Trinajstić information content (AvgIpc) is 2.38. The van der Waals surface area contributed by atoms with Crippen LogP contribution in [0.1, 0.15) is 46.0 Å². The predicted octanol–water partition coefficient (Wildman–Crippen LogP) is 3.49. The van der Waals surface area contributed by atoms with E-state index in [-0.39, 0.29) is 18.0 Å². The first-order chi connectivity index (χ1) is 9.94. The van der Waals surface area contributed by atoms with Crippen LogP contribution in [0.15, 0.2) is 18.2 Å². The van der Waals surface area contributed by atoms with Gasteiger partial charge in [0.25, 0.3) is 0 Å². The molecule has 0 aliphatic rings. The quantitative estimate of drug-likeness (QED) is 0.772. The highest BCUT2D eigenvalue weighted by atomic mass is 19.1. The molecule has 0 unspecified atom stereocenters. The molecule has 4 nitrogen and oxygen atoms in total. The number of hydrogen-bond acceptors (Lipinski definition) is 3. The Hall–Kier alpha value is -1.62. The molecule has 0 radical (unpaired) electrons. The van der Waals surface area contributed by atoms with E-state index in [2.05, 4.69) is 5.32 Å². The van der Waals surface area contributed by atoms with Gasteiger partial charge in [-0.2, -0.15) is 0 Å². The predicted molar refractivity (Wildman–Crippen MR) is 81.0 cm³/mol. The highest BCUT2D eigenvalue weighted by Crippen LogP contribution is 2.27. The summed E-state index contributed by atoms with van der Waals surface area (Å²) in [5, 5.41) is 13.1. The van der Waals surface area contributed by atoms with E-state index in [4.69, 9.17) is 4.74 Å². The van der Waals surface area contributed by atoms with Gasteiger partial charge in [-0.05, 0) is 25.0 Å². The van der Waals surface area contributed by atoms with E-state index in [1.807, 2.05) is 13.8 Å². The third-order valence-electron chi connectivity index (χ3n) is 3.36. The lowest BCUT2D eigenvalue weighted by molar-refractivity contribution is -0.121. The highest BCUT2D eigenvalue weighted by molar-refractivity contribution is 5.92. The fourth-order valence-corrected chi connectivity index (χ4v) is 2.50. The van der Waals surface area contributed by atoms with Crippen LogP contribution >= 0.6 is 0 Å². The zero-order valence-corrected chi connectivity index (χ0v) is 12.9. The van der Waals surface area contributed by atoms with Gasteiger partial charge in [0.05, 0.1) is 24.8 Å². The zero-order chi connectivity index (χ0) is 15.9. The van der Waals surface area contributed by atoms with Gasteiger partial charge in [0.1, 0.15) is 11.6 Å². The van der Waals surface area contributed by atoms with Crippen molar-refractivity contribution in [2.45, 2.75) is 51.6 Å². The molecule has 1 amide bonds. The number of methoxy groups -OCH3 is 1. The second-order valence-electron chi connectivity index (χ2n) is 5.29. The van der Waals surface area contributed by atoms with Gasteiger partial charge in [0.15, 0.2) is 0 Å². The summed E-state index contributed by atoms with van der Waals surface area (Å²) in [5.41, 5.74) is -0.730. The van der Waals surface area contributed by atoms with E-state index in [0.29, 0.717) is 18.6 Å². The van der Waals surface area contributed by atoms with Crippen molar-refractivity contribution in [3.8, 4) is 5.75 Å². The molecule has 0 atom stereocenters. The molecule has 2 N–H and O–H groups in total. The molecule has 5 heteroatoms. The van der Waals surface area contributed by atoms with Crippen molar-refractivity contribution in [1.82, 2.24) is 0 Å². The van der Waals surface area contributed by atoms with Crippen LogP contribution in [0.3, 0.4) is 0 Å². The SMILES string of the molecule is CCCC(O)(CCC)CC(=O)Nc1cc(F)ccc1OC. The molecule has 0 saturated carbocycles. The number of aliphatic hydroxyl groups is 1. The smallest absolute Gasteiger partial charge is 0.227 e. The molecular weight excluding hydrogens is 273 g/mol. The molecule has 0 aromatic heterocycles. The summed E-state index contributed by atoms with van der Waals surface area (Å²) in [6.45, 7) is 3.93. The Morgan fingerprint density at radius 2 is 1.95 bits per heavy atom. The average molecular weight is 297 g/mol. The number of carbonyl (C=O) groups excluding carboxylic acids is 1. The van der Waals surface area contributed by atoms with Crippen molar-refractivity contribution in [2.75, 3.05) is 12.4 Å². The molecule has 0 heterocycles. The molecule has 0 aliphatic carbocycles. The molecule has 21 heavy (non-hydrogen) atoms. The van der Waals surface area contributed by atoms with Crippen molar-refractivity contribution in [3.63, 3.8) is 0 Å². The fourth-order valence-electron chi connectivity index (χ4n) is 2.50. The van der Waals surface area contributed by atoms with E-state index < -0.39 is 11.4 Å². The maximum atomic E-state index is 13.3. The number of carbonyl (C=O) groups is 1. The summed E-state index contributed by atoms with van der Waals surface area (Å²) in [6, 6.07) is 3.92. The van der Waals surface area contributed by atoms with Gasteiger partial charge in [-0.1, -0.05) is 26.7 Å². The van der Waals surface area contributed by atoms with Crippen molar-refractivity contribution < 1.29 is 19.0 Å². The molecule has 1 aromatic rings. The highest BCUT2D eigenvalue weighted by Gasteiger charge is 2.28. The first-order valence-corrected chi connectivity index (χ1v) is 7.30. The number of halogens is 1. The van der Waals surface area contributed by atoms with Gasteiger partial charge in [-0.25, -0.2) is 4.39 Å². The van der Waals surface area contributed by atoms with Gasteiger partial charge in [-0.3, -0.25) is 4.79 Å². The Bertz CT molecular complexity index is 471. The summed E-state index contributed by atoms with van der Waals surface area (Å²) in [6.07, 6.45) is 2.72. The minimum absolute atomic E-state index is 0.00561. The molecular formula is C16H24FNO3. The molecule has 0 fully saturated rings. The molecule has 0 aliphatic heterocycles. The minimum Gasteiger partial charge on any atom is -0.495 e. The molecule has 0 bridgehead atoms. The Kier molecular flexibility index (Phi) is 6.62. The number of ether oxygens (including phenoxy) is 1. The number of amides is 1. The standard InChI is InChI=1S/C16H24FNO3/c1-4-8-16(20,9-5-2)11-15(19)18-13-10-12(17)6-7-14(13)21-3/h6-7,10,20H,4-5,8-9,11H2,1-3H3,(H,18,19). The van der Waals surface area contributed by atoms with Gasteiger partial charge >= 0.3 is 0 Å². The molecule has 0 saturated heterocycles. The normalized spacial score (nSPS) is 11.3.